The Labute approximate surface area is 165 Å². The Kier molecular flexibility index (Phi) is 5.86. The second-order valence-electron chi connectivity index (χ2n) is 6.18. The summed E-state index contributed by atoms with van der Waals surface area (Å²) in [6.07, 6.45) is -1.66. The highest BCUT2D eigenvalue weighted by Gasteiger charge is 2.34. The molecule has 0 saturated heterocycles. The summed E-state index contributed by atoms with van der Waals surface area (Å²) in [4.78, 5) is 11.8. The molecule has 0 saturated carbocycles. The van der Waals surface area contributed by atoms with Crippen molar-refractivity contribution in [1.29, 1.82) is 0 Å². The van der Waals surface area contributed by atoms with E-state index in [0.29, 0.717) is 17.1 Å². The highest BCUT2D eigenvalue weighted by Crippen LogP contribution is 2.33. The van der Waals surface area contributed by atoms with E-state index in [1.165, 1.54) is 26.6 Å². The first kappa shape index (κ1) is 20.4. The van der Waals surface area contributed by atoms with Gasteiger partial charge in [-0.15, -0.1) is 0 Å². The topological polar surface area (TPSA) is 69.2 Å². The molecule has 3 aromatic rings. The van der Waals surface area contributed by atoms with Gasteiger partial charge in [0.05, 0.1) is 20.3 Å². The minimum atomic E-state index is -4.60. The number of hydrogen-bond donors (Lipinski definition) is 1. The molecule has 6 nitrogen and oxygen atoms in total. The van der Waals surface area contributed by atoms with Crippen LogP contribution in [0, 0.1) is 0 Å². The fourth-order valence-electron chi connectivity index (χ4n) is 2.72. The number of aromatic nitrogens is 3. The summed E-state index contributed by atoms with van der Waals surface area (Å²) >= 11 is 0. The van der Waals surface area contributed by atoms with Gasteiger partial charge in [0.15, 0.2) is 23.0 Å². The molecule has 0 fully saturated rings. The maximum atomic E-state index is 13.3. The Hall–Kier alpha value is -3.36. The van der Waals surface area contributed by atoms with E-state index in [1.807, 2.05) is 6.92 Å². The minimum absolute atomic E-state index is 0.0377. The summed E-state index contributed by atoms with van der Waals surface area (Å²) in [5.41, 5.74) is 0.203. The molecule has 0 radical (unpaired) electrons. The first-order valence-electron chi connectivity index (χ1n) is 8.67. The van der Waals surface area contributed by atoms with E-state index in [4.69, 9.17) is 9.47 Å². The molecule has 3 rings (SSSR count). The van der Waals surface area contributed by atoms with Crippen molar-refractivity contribution in [3.8, 4) is 22.9 Å². The van der Waals surface area contributed by atoms with Gasteiger partial charge in [-0.3, -0.25) is 4.98 Å². The summed E-state index contributed by atoms with van der Waals surface area (Å²) in [5, 5.41) is 3.01. The number of nitrogens with zero attached hydrogens (tertiary/aromatic N) is 3. The van der Waals surface area contributed by atoms with Crippen LogP contribution in [0.1, 0.15) is 24.2 Å². The highest BCUT2D eigenvalue weighted by molar-refractivity contribution is 5.57. The Bertz CT molecular complexity index is 981. The Morgan fingerprint density at radius 1 is 0.931 bits per heavy atom. The molecule has 0 spiro atoms. The maximum absolute atomic E-state index is 13.3. The van der Waals surface area contributed by atoms with Crippen LogP contribution in [0.25, 0.3) is 11.4 Å². The van der Waals surface area contributed by atoms with Gasteiger partial charge in [0, 0.05) is 24.0 Å². The Morgan fingerprint density at radius 2 is 1.62 bits per heavy atom. The number of pyridine rings is 1. The molecule has 9 heteroatoms. The van der Waals surface area contributed by atoms with E-state index in [1.54, 1.807) is 30.3 Å². The predicted octanol–water partition coefficient (Wildman–Crippen LogP) is 4.75. The lowest BCUT2D eigenvalue weighted by atomic mass is 10.1. The molecular weight excluding hydrogens is 385 g/mol. The van der Waals surface area contributed by atoms with Gasteiger partial charge in [-0.2, -0.15) is 13.2 Å². The van der Waals surface area contributed by atoms with Gasteiger partial charge in [0.25, 0.3) is 0 Å². The average Bonchev–Trinajstić information content (AvgIpc) is 2.73. The molecule has 1 unspecified atom stereocenters. The first-order valence-corrected chi connectivity index (χ1v) is 8.67. The largest absolute Gasteiger partial charge is 0.493 e. The fourth-order valence-corrected chi connectivity index (χ4v) is 2.72. The van der Waals surface area contributed by atoms with E-state index in [2.05, 4.69) is 20.3 Å². The smallest absolute Gasteiger partial charge is 0.433 e. The predicted molar refractivity (Wildman–Crippen MR) is 102 cm³/mol. The number of hydrogen-bond acceptors (Lipinski definition) is 6. The van der Waals surface area contributed by atoms with Crippen LogP contribution in [-0.2, 0) is 6.18 Å². The zero-order chi connectivity index (χ0) is 21.0. The van der Waals surface area contributed by atoms with Crippen LogP contribution in [0.2, 0.25) is 0 Å². The fraction of sp³-hybridized carbons (Fsp3) is 0.250. The molecule has 0 aliphatic carbocycles. The van der Waals surface area contributed by atoms with Crippen molar-refractivity contribution in [2.24, 2.45) is 0 Å². The van der Waals surface area contributed by atoms with Crippen LogP contribution >= 0.6 is 0 Å². The lowest BCUT2D eigenvalue weighted by molar-refractivity contribution is -0.141. The van der Waals surface area contributed by atoms with Crippen molar-refractivity contribution in [3.05, 3.63) is 60.0 Å². The number of anilines is 1. The lowest BCUT2D eigenvalue weighted by Crippen LogP contribution is -2.14. The van der Waals surface area contributed by atoms with Crippen LogP contribution in [0.15, 0.2) is 48.8 Å². The van der Waals surface area contributed by atoms with Crippen molar-refractivity contribution in [3.63, 3.8) is 0 Å². The molecular formula is C20H19F3N4O2. The molecule has 1 N–H and O–H groups in total. The number of methoxy groups -OCH3 is 2. The molecule has 0 aliphatic rings. The van der Waals surface area contributed by atoms with Gasteiger partial charge >= 0.3 is 6.18 Å². The van der Waals surface area contributed by atoms with Gasteiger partial charge in [0.2, 0.25) is 0 Å². The minimum Gasteiger partial charge on any atom is -0.493 e. The normalized spacial score (nSPS) is 12.3. The molecule has 0 aliphatic heterocycles. The summed E-state index contributed by atoms with van der Waals surface area (Å²) in [6, 6.07) is 8.93. The highest BCUT2D eigenvalue weighted by atomic mass is 19.4. The zero-order valence-corrected chi connectivity index (χ0v) is 16.0. The zero-order valence-electron chi connectivity index (χ0n) is 16.0. The molecule has 1 atom stereocenters. The van der Waals surface area contributed by atoms with Crippen LogP contribution in [-0.4, -0.2) is 29.2 Å². The van der Waals surface area contributed by atoms with E-state index in [-0.39, 0.29) is 17.7 Å². The van der Waals surface area contributed by atoms with Crippen LogP contribution in [0.4, 0.5) is 19.0 Å². The number of alkyl halides is 3. The van der Waals surface area contributed by atoms with Crippen LogP contribution in [0.5, 0.6) is 11.5 Å². The molecule has 29 heavy (non-hydrogen) atoms. The second-order valence-corrected chi connectivity index (χ2v) is 6.18. The van der Waals surface area contributed by atoms with Gasteiger partial charge in [-0.25, -0.2) is 9.97 Å². The van der Waals surface area contributed by atoms with E-state index >= 15 is 0 Å². The molecule has 0 bridgehead atoms. The van der Waals surface area contributed by atoms with Gasteiger partial charge < -0.3 is 14.8 Å². The van der Waals surface area contributed by atoms with Crippen molar-refractivity contribution in [2.45, 2.75) is 19.1 Å². The van der Waals surface area contributed by atoms with Crippen LogP contribution in [0.3, 0.4) is 0 Å². The number of rotatable bonds is 6. The van der Waals surface area contributed by atoms with E-state index in [9.17, 15) is 13.2 Å². The van der Waals surface area contributed by atoms with E-state index in [0.717, 1.165) is 11.6 Å². The summed E-state index contributed by atoms with van der Waals surface area (Å²) in [7, 11) is 3.04. The van der Waals surface area contributed by atoms with Gasteiger partial charge in [-0.05, 0) is 36.8 Å². The summed E-state index contributed by atoms with van der Waals surface area (Å²) in [6.45, 7) is 1.81. The number of halogens is 3. The van der Waals surface area contributed by atoms with Crippen molar-refractivity contribution < 1.29 is 22.6 Å². The van der Waals surface area contributed by atoms with Gasteiger partial charge in [-0.1, -0.05) is 6.07 Å². The lowest BCUT2D eigenvalue weighted by Gasteiger charge is -2.18. The first-order chi connectivity index (χ1) is 13.8. The Morgan fingerprint density at radius 3 is 2.24 bits per heavy atom. The maximum Gasteiger partial charge on any atom is 0.433 e. The number of benzene rings is 1. The SMILES string of the molecule is COc1ccc(C(C)Nc2cc(C(F)(F)F)nc(-c3ccncc3)n2)cc1OC. The standard InChI is InChI=1S/C20H19F3N4O2/c1-12(14-4-5-15(28-2)16(10-14)29-3)25-18-11-17(20(21,22)23)26-19(27-18)13-6-8-24-9-7-13/h4-12H,1-3H3,(H,25,26,27). The third-order valence-electron chi connectivity index (χ3n) is 4.23. The van der Waals surface area contributed by atoms with E-state index < -0.39 is 11.9 Å². The summed E-state index contributed by atoms with van der Waals surface area (Å²) < 4.78 is 50.5. The average molecular weight is 404 g/mol. The Balaban J connectivity index is 1.96. The molecule has 152 valence electrons. The molecule has 2 heterocycles. The van der Waals surface area contributed by atoms with Gasteiger partial charge in [0.1, 0.15) is 5.82 Å². The quantitative estimate of drug-likeness (QED) is 0.640. The summed E-state index contributed by atoms with van der Waals surface area (Å²) in [5.74, 6) is 1.10. The third kappa shape index (κ3) is 4.74. The molecule has 2 aromatic heterocycles. The van der Waals surface area contributed by atoms with Crippen molar-refractivity contribution >= 4 is 5.82 Å². The number of ether oxygens (including phenoxy) is 2. The third-order valence-corrected chi connectivity index (χ3v) is 4.23. The molecule has 0 amide bonds. The van der Waals surface area contributed by atoms with Crippen molar-refractivity contribution in [2.75, 3.05) is 19.5 Å². The number of nitrogens with one attached hydrogen (secondary N) is 1. The molecule has 1 aromatic carbocycles. The second kappa shape index (κ2) is 8.34. The van der Waals surface area contributed by atoms with Crippen LogP contribution < -0.4 is 14.8 Å². The van der Waals surface area contributed by atoms with Crippen molar-refractivity contribution in [1.82, 2.24) is 15.0 Å². The monoisotopic (exact) mass is 404 g/mol.